The van der Waals surface area contributed by atoms with Crippen LogP contribution in [0.3, 0.4) is 0 Å². The van der Waals surface area contributed by atoms with Gasteiger partial charge in [-0.05, 0) is 68.2 Å². The van der Waals surface area contributed by atoms with Crippen LogP contribution in [0.25, 0.3) is 10.8 Å². The van der Waals surface area contributed by atoms with E-state index < -0.39 is 18.3 Å². The molecule has 1 fully saturated rings. The van der Waals surface area contributed by atoms with Gasteiger partial charge in [0.25, 0.3) is 0 Å². The van der Waals surface area contributed by atoms with Crippen molar-refractivity contribution in [1.82, 2.24) is 0 Å². The summed E-state index contributed by atoms with van der Waals surface area (Å²) in [5, 5.41) is 1.73. The van der Waals surface area contributed by atoms with Crippen LogP contribution < -0.4 is 5.46 Å². The largest absolute Gasteiger partial charge is 0.495 e. The zero-order valence-electron chi connectivity index (χ0n) is 16.5. The summed E-state index contributed by atoms with van der Waals surface area (Å²) < 4.78 is 25.6. The zero-order chi connectivity index (χ0) is 20.1. The highest BCUT2D eigenvalue weighted by molar-refractivity contribution is 6.65. The van der Waals surface area contributed by atoms with Crippen molar-refractivity contribution in [1.29, 1.82) is 0 Å². The predicted octanol–water partition coefficient (Wildman–Crippen LogP) is 4.51. The minimum atomic E-state index is -0.509. The van der Waals surface area contributed by atoms with Crippen molar-refractivity contribution >= 4 is 29.1 Å². The first-order chi connectivity index (χ1) is 13.2. The first-order valence-electron chi connectivity index (χ1n) is 9.37. The Morgan fingerprint density at radius 1 is 0.821 bits per heavy atom. The molecule has 0 N–H and O–H groups in total. The Hall–Kier alpha value is -2.50. The van der Waals surface area contributed by atoms with E-state index in [2.05, 4.69) is 0 Å². The molecule has 0 unspecified atom stereocenters. The molecule has 3 aromatic carbocycles. The van der Waals surface area contributed by atoms with Crippen LogP contribution in [-0.2, 0) is 9.31 Å². The molecule has 28 heavy (non-hydrogen) atoms. The maximum absolute atomic E-state index is 13.2. The van der Waals surface area contributed by atoms with Gasteiger partial charge in [0.05, 0.1) is 11.2 Å². The highest BCUT2D eigenvalue weighted by Gasteiger charge is 2.52. The molecule has 0 radical (unpaired) electrons. The van der Waals surface area contributed by atoms with E-state index in [1.165, 1.54) is 24.3 Å². The molecule has 0 bridgehead atoms. The molecule has 1 aliphatic heterocycles. The van der Waals surface area contributed by atoms with Gasteiger partial charge in [0.2, 0.25) is 0 Å². The summed E-state index contributed by atoms with van der Waals surface area (Å²) in [6, 6.07) is 17.0. The molecular weight excluding hydrogens is 354 g/mol. The molecular formula is C23H22BFO3. The number of halogens is 1. The zero-order valence-corrected chi connectivity index (χ0v) is 16.5. The van der Waals surface area contributed by atoms with Gasteiger partial charge in [0.1, 0.15) is 5.82 Å². The van der Waals surface area contributed by atoms with Crippen LogP contribution in [0.15, 0.2) is 60.7 Å². The summed E-state index contributed by atoms with van der Waals surface area (Å²) in [5.74, 6) is -0.505. The molecule has 1 aliphatic rings. The summed E-state index contributed by atoms with van der Waals surface area (Å²) >= 11 is 0. The molecule has 0 spiro atoms. The third-order valence-electron chi connectivity index (χ3n) is 5.81. The van der Waals surface area contributed by atoms with Gasteiger partial charge in [-0.15, -0.1) is 0 Å². The fourth-order valence-electron chi connectivity index (χ4n) is 3.46. The van der Waals surface area contributed by atoms with Gasteiger partial charge in [0, 0.05) is 11.1 Å². The first-order valence-corrected chi connectivity index (χ1v) is 9.37. The van der Waals surface area contributed by atoms with Crippen LogP contribution in [0.2, 0.25) is 0 Å². The van der Waals surface area contributed by atoms with Crippen molar-refractivity contribution in [3.05, 3.63) is 77.6 Å². The fourth-order valence-corrected chi connectivity index (χ4v) is 3.46. The Balaban J connectivity index is 1.80. The highest BCUT2D eigenvalue weighted by atomic mass is 19.1. The Morgan fingerprint density at radius 3 is 2.04 bits per heavy atom. The van der Waals surface area contributed by atoms with E-state index in [9.17, 15) is 9.18 Å². The van der Waals surface area contributed by atoms with Gasteiger partial charge in [-0.1, -0.05) is 36.4 Å². The van der Waals surface area contributed by atoms with E-state index in [0.717, 1.165) is 16.2 Å². The van der Waals surface area contributed by atoms with Crippen molar-refractivity contribution in [2.45, 2.75) is 38.9 Å². The molecule has 3 nitrogen and oxygen atoms in total. The second kappa shape index (κ2) is 6.54. The molecule has 0 saturated carbocycles. The summed E-state index contributed by atoms with van der Waals surface area (Å²) in [5.41, 5.74) is 1.03. The van der Waals surface area contributed by atoms with Gasteiger partial charge in [-0.3, -0.25) is 4.79 Å². The number of fused-ring (bicyclic) bond motifs is 1. The Kier molecular flexibility index (Phi) is 4.40. The summed E-state index contributed by atoms with van der Waals surface area (Å²) in [7, 11) is -0.509. The normalized spacial score (nSPS) is 17.8. The number of carbonyl (C=O) groups is 1. The van der Waals surface area contributed by atoms with Crippen LogP contribution in [-0.4, -0.2) is 24.1 Å². The van der Waals surface area contributed by atoms with Crippen LogP contribution >= 0.6 is 0 Å². The van der Waals surface area contributed by atoms with E-state index in [1.807, 2.05) is 58.0 Å². The number of hydrogen-bond donors (Lipinski definition) is 0. The second-order valence-corrected chi connectivity index (χ2v) is 8.17. The number of ketones is 1. The number of hydrogen-bond acceptors (Lipinski definition) is 3. The number of rotatable bonds is 3. The van der Waals surface area contributed by atoms with E-state index in [-0.39, 0.29) is 11.6 Å². The van der Waals surface area contributed by atoms with E-state index in [0.29, 0.717) is 11.1 Å². The van der Waals surface area contributed by atoms with Crippen LogP contribution in [0.4, 0.5) is 4.39 Å². The molecule has 3 aromatic rings. The van der Waals surface area contributed by atoms with Crippen LogP contribution in [0, 0.1) is 5.82 Å². The molecule has 142 valence electrons. The van der Waals surface area contributed by atoms with Crippen molar-refractivity contribution in [3.63, 3.8) is 0 Å². The lowest BCUT2D eigenvalue weighted by Crippen LogP contribution is -2.41. The van der Waals surface area contributed by atoms with Crippen molar-refractivity contribution < 1.29 is 18.5 Å². The fraction of sp³-hybridized carbons (Fsp3) is 0.261. The topological polar surface area (TPSA) is 35.5 Å². The quantitative estimate of drug-likeness (QED) is 0.499. The maximum atomic E-state index is 13.2. The smallest absolute Gasteiger partial charge is 0.399 e. The minimum absolute atomic E-state index is 0.142. The van der Waals surface area contributed by atoms with E-state index >= 15 is 0 Å². The maximum Gasteiger partial charge on any atom is 0.495 e. The summed E-state index contributed by atoms with van der Waals surface area (Å²) in [6.45, 7) is 8.06. The molecule has 0 aliphatic carbocycles. The molecule has 1 saturated heterocycles. The average molecular weight is 376 g/mol. The van der Waals surface area contributed by atoms with Gasteiger partial charge in [0.15, 0.2) is 5.78 Å². The van der Waals surface area contributed by atoms with Crippen molar-refractivity contribution in [2.24, 2.45) is 0 Å². The number of carbonyl (C=O) groups excluding carboxylic acids is 1. The Morgan fingerprint density at radius 2 is 1.39 bits per heavy atom. The van der Waals surface area contributed by atoms with Crippen LogP contribution in [0.1, 0.15) is 43.6 Å². The van der Waals surface area contributed by atoms with E-state index in [1.54, 1.807) is 6.07 Å². The van der Waals surface area contributed by atoms with Crippen molar-refractivity contribution in [3.8, 4) is 0 Å². The number of benzene rings is 3. The minimum Gasteiger partial charge on any atom is -0.399 e. The third kappa shape index (κ3) is 3.05. The second-order valence-electron chi connectivity index (χ2n) is 8.17. The Labute approximate surface area is 164 Å². The summed E-state index contributed by atoms with van der Waals surface area (Å²) in [6.07, 6.45) is 0. The van der Waals surface area contributed by atoms with Gasteiger partial charge < -0.3 is 9.31 Å². The van der Waals surface area contributed by atoms with Gasteiger partial charge in [-0.2, -0.15) is 0 Å². The lowest BCUT2D eigenvalue weighted by molar-refractivity contribution is 0.00578. The standard InChI is InChI=1S/C23H22BFO3/c1-22(2)23(3,4)28-24(27-22)20-10-6-7-17-18(20)8-5-9-19(17)21(26)15-11-13-16(25)14-12-15/h5-14H,1-4H3. The SMILES string of the molecule is CC1(C)OB(c2cccc3c(C(=O)c4ccc(F)cc4)cccc23)OC1(C)C. The molecule has 0 amide bonds. The Bertz CT molecular complexity index is 1040. The predicted molar refractivity (Wildman–Crippen MR) is 109 cm³/mol. The van der Waals surface area contributed by atoms with E-state index in [4.69, 9.17) is 9.31 Å². The molecule has 1 heterocycles. The van der Waals surface area contributed by atoms with Crippen molar-refractivity contribution in [2.75, 3.05) is 0 Å². The van der Waals surface area contributed by atoms with Gasteiger partial charge in [-0.25, -0.2) is 4.39 Å². The lowest BCUT2D eigenvalue weighted by atomic mass is 9.75. The van der Waals surface area contributed by atoms with Gasteiger partial charge >= 0.3 is 7.12 Å². The molecule has 0 aromatic heterocycles. The van der Waals surface area contributed by atoms with Crippen LogP contribution in [0.5, 0.6) is 0 Å². The third-order valence-corrected chi connectivity index (χ3v) is 5.81. The average Bonchev–Trinajstić information content (AvgIpc) is 2.88. The molecule has 5 heteroatoms. The summed E-state index contributed by atoms with van der Waals surface area (Å²) in [4.78, 5) is 13.0. The first kappa shape index (κ1) is 18.8. The monoisotopic (exact) mass is 376 g/mol. The molecule has 4 rings (SSSR count). The molecule has 0 atom stereocenters. The lowest BCUT2D eigenvalue weighted by Gasteiger charge is -2.32. The highest BCUT2D eigenvalue weighted by Crippen LogP contribution is 2.37.